The van der Waals surface area contributed by atoms with E-state index in [1.54, 1.807) is 14.2 Å². The van der Waals surface area contributed by atoms with Crippen molar-refractivity contribution >= 4 is 10.9 Å². The number of rotatable bonds is 7. The van der Waals surface area contributed by atoms with Gasteiger partial charge in [-0.05, 0) is 42.3 Å². The number of para-hydroxylation sites is 1. The summed E-state index contributed by atoms with van der Waals surface area (Å²) in [6.45, 7) is 1.69. The van der Waals surface area contributed by atoms with Gasteiger partial charge in [-0.3, -0.25) is 4.98 Å². The number of benzene rings is 2. The van der Waals surface area contributed by atoms with Gasteiger partial charge in [-0.25, -0.2) is 0 Å². The predicted octanol–water partition coefficient (Wildman–Crippen LogP) is 3.58. The third kappa shape index (κ3) is 3.66. The van der Waals surface area contributed by atoms with Gasteiger partial charge >= 0.3 is 0 Å². The van der Waals surface area contributed by atoms with Crippen LogP contribution in [0.1, 0.15) is 11.1 Å². The highest BCUT2D eigenvalue weighted by molar-refractivity contribution is 5.81. The summed E-state index contributed by atoms with van der Waals surface area (Å²) in [5.74, 6) is 1.53. The molecule has 0 bridgehead atoms. The Bertz CT molecular complexity index is 812. The van der Waals surface area contributed by atoms with E-state index in [-0.39, 0.29) is 0 Å². The Morgan fingerprint density at radius 1 is 0.958 bits per heavy atom. The van der Waals surface area contributed by atoms with Crippen LogP contribution in [-0.4, -0.2) is 25.7 Å². The molecule has 2 aromatic carbocycles. The minimum Gasteiger partial charge on any atom is -0.493 e. The van der Waals surface area contributed by atoms with Crippen LogP contribution in [0.15, 0.2) is 54.7 Å². The lowest BCUT2D eigenvalue weighted by molar-refractivity contribution is 0.354. The molecule has 124 valence electrons. The van der Waals surface area contributed by atoms with Crippen molar-refractivity contribution in [1.29, 1.82) is 0 Å². The summed E-state index contributed by atoms with van der Waals surface area (Å²) in [5.41, 5.74) is 3.51. The molecule has 24 heavy (non-hydrogen) atoms. The van der Waals surface area contributed by atoms with E-state index in [4.69, 9.17) is 9.47 Å². The summed E-state index contributed by atoms with van der Waals surface area (Å²) in [6.07, 6.45) is 2.77. The first kappa shape index (κ1) is 16.3. The highest BCUT2D eigenvalue weighted by atomic mass is 16.5. The van der Waals surface area contributed by atoms with Gasteiger partial charge in [0.15, 0.2) is 11.5 Å². The fraction of sp³-hybridized carbons (Fsp3) is 0.250. The Balaban J connectivity index is 1.59. The van der Waals surface area contributed by atoms with Crippen LogP contribution in [0.3, 0.4) is 0 Å². The van der Waals surface area contributed by atoms with E-state index in [9.17, 15) is 0 Å². The van der Waals surface area contributed by atoms with Crippen molar-refractivity contribution in [3.8, 4) is 11.5 Å². The van der Waals surface area contributed by atoms with Crippen LogP contribution in [0, 0.1) is 0 Å². The predicted molar refractivity (Wildman–Crippen MR) is 96.7 cm³/mol. The molecule has 1 N–H and O–H groups in total. The molecule has 0 aliphatic heterocycles. The summed E-state index contributed by atoms with van der Waals surface area (Å²) in [7, 11) is 3.31. The first-order valence-electron chi connectivity index (χ1n) is 8.06. The zero-order chi connectivity index (χ0) is 16.8. The Kier molecular flexibility index (Phi) is 5.29. The van der Waals surface area contributed by atoms with Crippen molar-refractivity contribution in [2.45, 2.75) is 13.0 Å². The molecular formula is C20H22N2O2. The average molecular weight is 322 g/mol. The second kappa shape index (κ2) is 7.79. The van der Waals surface area contributed by atoms with Gasteiger partial charge in [0.2, 0.25) is 0 Å². The van der Waals surface area contributed by atoms with Crippen LogP contribution in [0.4, 0.5) is 0 Å². The average Bonchev–Trinajstić information content (AvgIpc) is 2.65. The lowest BCUT2D eigenvalue weighted by Crippen LogP contribution is -2.17. The molecule has 0 fully saturated rings. The molecule has 0 atom stereocenters. The van der Waals surface area contributed by atoms with E-state index in [2.05, 4.69) is 40.6 Å². The molecule has 3 rings (SSSR count). The molecular weight excluding hydrogens is 300 g/mol. The van der Waals surface area contributed by atoms with Gasteiger partial charge in [-0.15, -0.1) is 0 Å². The van der Waals surface area contributed by atoms with Gasteiger partial charge in [0, 0.05) is 18.1 Å². The second-order valence-electron chi connectivity index (χ2n) is 5.61. The molecule has 4 nitrogen and oxygen atoms in total. The third-order valence-electron chi connectivity index (χ3n) is 4.07. The molecule has 0 saturated carbocycles. The molecule has 0 aliphatic carbocycles. The smallest absolute Gasteiger partial charge is 0.160 e. The Labute approximate surface area is 142 Å². The Hall–Kier alpha value is -2.59. The Morgan fingerprint density at radius 3 is 2.62 bits per heavy atom. The van der Waals surface area contributed by atoms with Gasteiger partial charge in [-0.1, -0.05) is 30.3 Å². The lowest BCUT2D eigenvalue weighted by atomic mass is 10.1. The van der Waals surface area contributed by atoms with E-state index in [1.807, 2.05) is 24.4 Å². The fourth-order valence-corrected chi connectivity index (χ4v) is 2.80. The van der Waals surface area contributed by atoms with E-state index in [1.165, 1.54) is 16.5 Å². The highest BCUT2D eigenvalue weighted by Gasteiger charge is 2.05. The van der Waals surface area contributed by atoms with Gasteiger partial charge in [0.25, 0.3) is 0 Å². The number of hydrogen-bond acceptors (Lipinski definition) is 4. The van der Waals surface area contributed by atoms with Gasteiger partial charge in [0.05, 0.1) is 19.7 Å². The molecule has 0 unspecified atom stereocenters. The van der Waals surface area contributed by atoms with Crippen molar-refractivity contribution in [3.05, 3.63) is 65.9 Å². The van der Waals surface area contributed by atoms with Crippen LogP contribution < -0.4 is 14.8 Å². The minimum absolute atomic E-state index is 0.760. The number of ether oxygens (including phenoxy) is 2. The van der Waals surface area contributed by atoms with Crippen LogP contribution in [0.25, 0.3) is 10.9 Å². The standard InChI is InChI=1S/C20H22N2O2/c1-23-18-9-8-15(13-19(18)24-2)10-12-21-14-17-6-3-5-16-7-4-11-22-20(16)17/h3-9,11,13,21H,10,12,14H2,1-2H3. The van der Waals surface area contributed by atoms with Gasteiger partial charge in [-0.2, -0.15) is 0 Å². The third-order valence-corrected chi connectivity index (χ3v) is 4.07. The van der Waals surface area contributed by atoms with E-state index in [0.29, 0.717) is 0 Å². The lowest BCUT2D eigenvalue weighted by Gasteiger charge is -2.10. The number of hydrogen-bond donors (Lipinski definition) is 1. The summed E-state index contributed by atoms with van der Waals surface area (Å²) < 4.78 is 10.6. The molecule has 1 heterocycles. The normalized spacial score (nSPS) is 10.8. The Morgan fingerprint density at radius 2 is 1.79 bits per heavy atom. The summed E-state index contributed by atoms with van der Waals surface area (Å²) >= 11 is 0. The second-order valence-corrected chi connectivity index (χ2v) is 5.61. The quantitative estimate of drug-likeness (QED) is 0.675. The molecule has 4 heteroatoms. The fourth-order valence-electron chi connectivity index (χ4n) is 2.80. The molecule has 0 spiro atoms. The molecule has 0 aliphatic rings. The summed E-state index contributed by atoms with van der Waals surface area (Å²) in [4.78, 5) is 4.49. The minimum atomic E-state index is 0.760. The zero-order valence-corrected chi connectivity index (χ0v) is 14.1. The van der Waals surface area contributed by atoms with E-state index in [0.717, 1.165) is 36.5 Å². The number of aromatic nitrogens is 1. The number of methoxy groups -OCH3 is 2. The van der Waals surface area contributed by atoms with Crippen molar-refractivity contribution in [3.63, 3.8) is 0 Å². The zero-order valence-electron chi connectivity index (χ0n) is 14.1. The molecule has 0 amide bonds. The van der Waals surface area contributed by atoms with E-state index >= 15 is 0 Å². The number of nitrogens with zero attached hydrogens (tertiary/aromatic N) is 1. The number of nitrogens with one attached hydrogen (secondary N) is 1. The highest BCUT2D eigenvalue weighted by Crippen LogP contribution is 2.27. The maximum Gasteiger partial charge on any atom is 0.160 e. The van der Waals surface area contributed by atoms with E-state index < -0.39 is 0 Å². The first-order chi connectivity index (χ1) is 11.8. The first-order valence-corrected chi connectivity index (χ1v) is 8.06. The van der Waals surface area contributed by atoms with Crippen LogP contribution in [-0.2, 0) is 13.0 Å². The molecule has 0 saturated heterocycles. The molecule has 0 radical (unpaired) electrons. The maximum atomic E-state index is 5.35. The van der Waals surface area contributed by atoms with Crippen molar-refractivity contribution < 1.29 is 9.47 Å². The van der Waals surface area contributed by atoms with Crippen LogP contribution >= 0.6 is 0 Å². The van der Waals surface area contributed by atoms with Crippen LogP contribution in [0.2, 0.25) is 0 Å². The number of fused-ring (bicyclic) bond motifs is 1. The number of pyridine rings is 1. The van der Waals surface area contributed by atoms with Crippen molar-refractivity contribution in [2.75, 3.05) is 20.8 Å². The van der Waals surface area contributed by atoms with Crippen LogP contribution in [0.5, 0.6) is 11.5 Å². The van der Waals surface area contributed by atoms with Gasteiger partial charge < -0.3 is 14.8 Å². The monoisotopic (exact) mass is 322 g/mol. The van der Waals surface area contributed by atoms with Crippen molar-refractivity contribution in [2.24, 2.45) is 0 Å². The molecule has 1 aromatic heterocycles. The summed E-state index contributed by atoms with van der Waals surface area (Å²) in [6, 6.07) is 16.4. The maximum absolute atomic E-state index is 5.35. The molecule has 3 aromatic rings. The largest absolute Gasteiger partial charge is 0.493 e. The van der Waals surface area contributed by atoms with Crippen molar-refractivity contribution in [1.82, 2.24) is 10.3 Å². The van der Waals surface area contributed by atoms with Gasteiger partial charge in [0.1, 0.15) is 0 Å². The summed E-state index contributed by atoms with van der Waals surface area (Å²) in [5, 5.41) is 4.67. The SMILES string of the molecule is COc1ccc(CCNCc2cccc3cccnc23)cc1OC. The topological polar surface area (TPSA) is 43.4 Å².